The van der Waals surface area contributed by atoms with Gasteiger partial charge in [-0.25, -0.2) is 0 Å². The standard InChI is InChI=1S/C33H34N2O4/c1-20-19-33(2,3)34-24-13-12-23-29(28(20)24)27(39-26-15-14-25(36)31(38-4)30(23)26)18-21-10-6-7-11-22(21)32(37)35-16-8-5-9-17-35/h6-7,10-15,18-19,34,36H,5,8-9,16-17H2,1-4H3. The Hall–Kier alpha value is -4.19. The number of ether oxygens (including phenoxy) is 2. The van der Waals surface area contributed by atoms with Crippen molar-refractivity contribution in [3.05, 3.63) is 76.9 Å². The van der Waals surface area contributed by atoms with E-state index >= 15 is 0 Å². The van der Waals surface area contributed by atoms with E-state index in [2.05, 4.69) is 44.3 Å². The van der Waals surface area contributed by atoms with Gasteiger partial charge in [-0.05, 0) is 81.5 Å². The largest absolute Gasteiger partial charge is 0.504 e. The molecular formula is C33H34N2O4. The number of piperidine rings is 1. The van der Waals surface area contributed by atoms with Crippen LogP contribution in [0.15, 0.2) is 54.6 Å². The third-order valence-corrected chi connectivity index (χ3v) is 7.79. The van der Waals surface area contributed by atoms with E-state index < -0.39 is 0 Å². The number of hydrogen-bond acceptors (Lipinski definition) is 5. The number of rotatable bonds is 3. The maximum atomic E-state index is 13.6. The summed E-state index contributed by atoms with van der Waals surface area (Å²) in [5.41, 5.74) is 6.97. The number of amides is 1. The Bertz CT molecular complexity index is 1540. The molecule has 3 aliphatic heterocycles. The van der Waals surface area contributed by atoms with E-state index in [1.54, 1.807) is 19.2 Å². The highest BCUT2D eigenvalue weighted by Crippen LogP contribution is 2.54. The Kier molecular flexibility index (Phi) is 6.13. The SMILES string of the molecule is COc1c(O)ccc2c1-c1ccc3c(c1C(=Cc1ccccc1C(=O)N1CCCCC1)O2)C(C)=CC(C)(C)N3. The molecule has 200 valence electrons. The fourth-order valence-electron chi connectivity index (χ4n) is 6.17. The summed E-state index contributed by atoms with van der Waals surface area (Å²) in [6.07, 6.45) is 7.44. The van der Waals surface area contributed by atoms with Crippen molar-refractivity contribution >= 4 is 29.0 Å². The molecule has 3 aromatic rings. The molecule has 0 atom stereocenters. The number of phenolic OH excluding ortho intramolecular Hbond substituents is 1. The van der Waals surface area contributed by atoms with Gasteiger partial charge in [0.2, 0.25) is 0 Å². The van der Waals surface area contributed by atoms with Crippen molar-refractivity contribution in [1.29, 1.82) is 0 Å². The lowest BCUT2D eigenvalue weighted by Crippen LogP contribution is -2.35. The molecule has 0 radical (unpaired) electrons. The molecule has 6 nitrogen and oxygen atoms in total. The van der Waals surface area contributed by atoms with Crippen molar-refractivity contribution in [2.75, 3.05) is 25.5 Å². The Morgan fingerprint density at radius 1 is 1.03 bits per heavy atom. The molecule has 39 heavy (non-hydrogen) atoms. The van der Waals surface area contributed by atoms with Crippen LogP contribution in [-0.2, 0) is 0 Å². The number of hydrogen-bond donors (Lipinski definition) is 2. The Morgan fingerprint density at radius 3 is 2.56 bits per heavy atom. The van der Waals surface area contributed by atoms with E-state index in [1.807, 2.05) is 35.2 Å². The van der Waals surface area contributed by atoms with Gasteiger partial charge in [-0.1, -0.05) is 30.3 Å². The first-order valence-electron chi connectivity index (χ1n) is 13.6. The predicted octanol–water partition coefficient (Wildman–Crippen LogP) is 7.19. The van der Waals surface area contributed by atoms with Crippen LogP contribution in [0, 0.1) is 0 Å². The van der Waals surface area contributed by atoms with Crippen molar-refractivity contribution < 1.29 is 19.4 Å². The Balaban J connectivity index is 1.57. The molecule has 0 bridgehead atoms. The first-order valence-corrected chi connectivity index (χ1v) is 13.6. The van der Waals surface area contributed by atoms with Gasteiger partial charge in [0.1, 0.15) is 11.5 Å². The molecule has 6 heteroatoms. The number of methoxy groups -OCH3 is 1. The van der Waals surface area contributed by atoms with E-state index in [0.717, 1.165) is 59.4 Å². The number of allylic oxidation sites excluding steroid dienone is 1. The molecule has 0 aliphatic carbocycles. The number of anilines is 1. The molecule has 6 rings (SSSR count). The monoisotopic (exact) mass is 522 g/mol. The summed E-state index contributed by atoms with van der Waals surface area (Å²) in [5, 5.41) is 14.2. The van der Waals surface area contributed by atoms with E-state index in [0.29, 0.717) is 28.4 Å². The first kappa shape index (κ1) is 25.1. The normalized spacial score (nSPS) is 18.2. The molecule has 0 unspecified atom stereocenters. The second kappa shape index (κ2) is 9.53. The average molecular weight is 523 g/mol. The van der Waals surface area contributed by atoms with Crippen molar-refractivity contribution in [1.82, 2.24) is 4.90 Å². The summed E-state index contributed by atoms with van der Waals surface area (Å²) in [6.45, 7) is 7.98. The van der Waals surface area contributed by atoms with Gasteiger partial charge < -0.3 is 24.8 Å². The molecule has 3 aliphatic rings. The molecule has 2 N–H and O–H groups in total. The quantitative estimate of drug-likeness (QED) is 0.381. The summed E-state index contributed by atoms with van der Waals surface area (Å²) in [4.78, 5) is 15.5. The number of carbonyl (C=O) groups is 1. The lowest BCUT2D eigenvalue weighted by atomic mass is 9.82. The summed E-state index contributed by atoms with van der Waals surface area (Å²) in [6, 6.07) is 15.2. The minimum atomic E-state index is -0.202. The van der Waals surface area contributed by atoms with Gasteiger partial charge in [0.15, 0.2) is 11.5 Å². The number of nitrogens with one attached hydrogen (secondary N) is 1. The lowest BCUT2D eigenvalue weighted by molar-refractivity contribution is 0.0724. The zero-order valence-corrected chi connectivity index (χ0v) is 22.9. The Labute approximate surface area is 229 Å². The summed E-state index contributed by atoms with van der Waals surface area (Å²) in [5.74, 6) is 1.73. The highest BCUT2D eigenvalue weighted by Gasteiger charge is 2.33. The maximum absolute atomic E-state index is 13.6. The first-order chi connectivity index (χ1) is 18.8. The highest BCUT2D eigenvalue weighted by molar-refractivity contribution is 6.04. The van der Waals surface area contributed by atoms with Crippen LogP contribution in [0.25, 0.3) is 28.5 Å². The molecule has 0 saturated carbocycles. The Morgan fingerprint density at radius 2 is 1.79 bits per heavy atom. The molecule has 1 amide bonds. The number of likely N-dealkylation sites (tertiary alicyclic amines) is 1. The molecule has 3 aromatic carbocycles. The van der Waals surface area contributed by atoms with Crippen LogP contribution in [-0.4, -0.2) is 41.7 Å². The smallest absolute Gasteiger partial charge is 0.254 e. The zero-order chi connectivity index (χ0) is 27.3. The van der Waals surface area contributed by atoms with Crippen molar-refractivity contribution in [2.45, 2.75) is 45.6 Å². The minimum absolute atomic E-state index is 0.0553. The van der Waals surface area contributed by atoms with Crippen LogP contribution in [0.3, 0.4) is 0 Å². The van der Waals surface area contributed by atoms with Crippen LogP contribution in [0.5, 0.6) is 17.2 Å². The topological polar surface area (TPSA) is 71.0 Å². The molecule has 3 heterocycles. The van der Waals surface area contributed by atoms with Gasteiger partial charge in [-0.15, -0.1) is 0 Å². The summed E-state index contributed by atoms with van der Waals surface area (Å²) < 4.78 is 12.2. The van der Waals surface area contributed by atoms with Crippen molar-refractivity contribution in [3.63, 3.8) is 0 Å². The second-order valence-corrected chi connectivity index (χ2v) is 11.1. The molecule has 0 spiro atoms. The number of nitrogens with zero attached hydrogens (tertiary/aromatic N) is 1. The second-order valence-electron chi connectivity index (χ2n) is 11.1. The van der Waals surface area contributed by atoms with E-state index in [4.69, 9.17) is 9.47 Å². The van der Waals surface area contributed by atoms with Crippen LogP contribution in [0.1, 0.15) is 67.1 Å². The fourth-order valence-corrected chi connectivity index (χ4v) is 6.17. The van der Waals surface area contributed by atoms with E-state index in [1.165, 1.54) is 6.42 Å². The van der Waals surface area contributed by atoms with Gasteiger partial charge in [-0.2, -0.15) is 0 Å². The van der Waals surface area contributed by atoms with Crippen molar-refractivity contribution in [2.24, 2.45) is 0 Å². The van der Waals surface area contributed by atoms with E-state index in [-0.39, 0.29) is 17.2 Å². The third-order valence-electron chi connectivity index (χ3n) is 7.79. The predicted molar refractivity (Wildman–Crippen MR) is 156 cm³/mol. The average Bonchev–Trinajstić information content (AvgIpc) is 2.92. The molecular weight excluding hydrogens is 488 g/mol. The highest BCUT2D eigenvalue weighted by atomic mass is 16.5. The van der Waals surface area contributed by atoms with Gasteiger partial charge in [0.05, 0.1) is 18.2 Å². The number of phenols is 1. The maximum Gasteiger partial charge on any atom is 0.254 e. The number of carbonyl (C=O) groups excluding carboxylic acids is 1. The third kappa shape index (κ3) is 4.34. The zero-order valence-electron chi connectivity index (χ0n) is 22.9. The minimum Gasteiger partial charge on any atom is -0.504 e. The van der Waals surface area contributed by atoms with Crippen LogP contribution in [0.2, 0.25) is 0 Å². The summed E-state index contributed by atoms with van der Waals surface area (Å²) in [7, 11) is 1.55. The van der Waals surface area contributed by atoms with Crippen molar-refractivity contribution in [3.8, 4) is 28.4 Å². The van der Waals surface area contributed by atoms with Crippen LogP contribution in [0.4, 0.5) is 5.69 Å². The summed E-state index contributed by atoms with van der Waals surface area (Å²) >= 11 is 0. The molecule has 1 fully saturated rings. The fraction of sp³-hybridized carbons (Fsp3) is 0.303. The van der Waals surface area contributed by atoms with Crippen LogP contribution < -0.4 is 14.8 Å². The lowest BCUT2D eigenvalue weighted by Gasteiger charge is -2.35. The number of benzene rings is 3. The van der Waals surface area contributed by atoms with Gasteiger partial charge in [-0.3, -0.25) is 4.79 Å². The van der Waals surface area contributed by atoms with Gasteiger partial charge in [0, 0.05) is 41.0 Å². The van der Waals surface area contributed by atoms with Gasteiger partial charge in [0.25, 0.3) is 5.91 Å². The molecule has 0 aromatic heterocycles. The van der Waals surface area contributed by atoms with Crippen LogP contribution >= 0.6 is 0 Å². The number of aromatic hydroxyl groups is 1. The van der Waals surface area contributed by atoms with Gasteiger partial charge >= 0.3 is 0 Å². The molecule has 1 saturated heterocycles. The number of fused-ring (bicyclic) bond motifs is 5. The van der Waals surface area contributed by atoms with E-state index in [9.17, 15) is 9.90 Å².